The van der Waals surface area contributed by atoms with E-state index >= 15 is 0 Å². The summed E-state index contributed by atoms with van der Waals surface area (Å²) < 4.78 is 18.8. The van der Waals surface area contributed by atoms with Gasteiger partial charge in [-0.2, -0.15) is 0 Å². The molecule has 4 rings (SSSR count). The summed E-state index contributed by atoms with van der Waals surface area (Å²) in [6.45, 7) is 0.273. The van der Waals surface area contributed by atoms with Crippen LogP contribution in [0.4, 0.5) is 0 Å². The van der Waals surface area contributed by atoms with Gasteiger partial charge in [0.25, 0.3) is 11.8 Å². The van der Waals surface area contributed by atoms with Crippen molar-refractivity contribution in [3.8, 4) is 17.2 Å². The van der Waals surface area contributed by atoms with Crippen LogP contribution < -0.4 is 35.4 Å². The topological polar surface area (TPSA) is 65.1 Å². The van der Waals surface area contributed by atoms with Crippen molar-refractivity contribution in [2.45, 2.75) is 6.42 Å². The van der Waals surface area contributed by atoms with Crippen LogP contribution in [0.1, 0.15) is 26.3 Å². The number of nitrogens with zero attached hydrogens (tertiary/aromatic N) is 1. The minimum atomic E-state index is -0.527. The molecule has 0 N–H and O–H groups in total. The molecule has 1 aliphatic rings. The van der Waals surface area contributed by atoms with Crippen LogP contribution in [0.25, 0.3) is 0 Å². The number of halogens is 1. The summed E-state index contributed by atoms with van der Waals surface area (Å²) in [5, 5.41) is 0. The van der Waals surface area contributed by atoms with Gasteiger partial charge >= 0.3 is 21.2 Å². The van der Waals surface area contributed by atoms with E-state index in [0.29, 0.717) is 29.0 Å². The van der Waals surface area contributed by atoms with Gasteiger partial charge in [0.05, 0.1) is 38.0 Å². The van der Waals surface area contributed by atoms with Gasteiger partial charge in [0.2, 0.25) is 3.57 Å². The third-order valence-corrected chi connectivity index (χ3v) is 8.25. The molecular weight excluding hydrogens is 521 g/mol. The monoisotopic (exact) mass is 544 g/mol. The molecule has 0 fully saturated rings. The standard InChI is InChI=1S/C25H23INO5/c1-30-17-10-8-16(9-11-17)26-21-12-13-22(31-2)23(32-3)20(21)14-15-27-24(28)18-6-4-5-7-19(18)25(27)29/h4-13H,14-15H2,1-3H3/q+1. The fourth-order valence-electron chi connectivity index (χ4n) is 3.71. The van der Waals surface area contributed by atoms with Gasteiger partial charge in [-0.3, -0.25) is 14.5 Å². The van der Waals surface area contributed by atoms with Gasteiger partial charge in [0, 0.05) is 6.54 Å². The molecule has 1 heterocycles. The lowest BCUT2D eigenvalue weighted by atomic mass is 10.1. The van der Waals surface area contributed by atoms with E-state index in [1.165, 1.54) is 8.47 Å². The molecule has 3 aromatic rings. The Morgan fingerprint density at radius 2 is 1.44 bits per heavy atom. The van der Waals surface area contributed by atoms with Crippen LogP contribution >= 0.6 is 0 Å². The number of imide groups is 1. The Hall–Kier alpha value is -3.07. The highest BCUT2D eigenvalue weighted by Gasteiger charge is 2.35. The Morgan fingerprint density at radius 1 is 0.781 bits per heavy atom. The second-order valence-electron chi connectivity index (χ2n) is 7.07. The molecule has 32 heavy (non-hydrogen) atoms. The second-order valence-corrected chi connectivity index (χ2v) is 10.0. The van der Waals surface area contributed by atoms with E-state index in [9.17, 15) is 9.59 Å². The molecule has 0 atom stereocenters. The zero-order valence-electron chi connectivity index (χ0n) is 18.1. The molecule has 0 aromatic heterocycles. The van der Waals surface area contributed by atoms with Crippen molar-refractivity contribution in [3.63, 3.8) is 0 Å². The zero-order valence-corrected chi connectivity index (χ0v) is 20.2. The van der Waals surface area contributed by atoms with Gasteiger partial charge < -0.3 is 14.2 Å². The minimum absolute atomic E-state index is 0.251. The van der Waals surface area contributed by atoms with Crippen molar-refractivity contribution in [1.29, 1.82) is 0 Å². The quantitative estimate of drug-likeness (QED) is 0.309. The molecule has 0 saturated carbocycles. The SMILES string of the molecule is COc1ccc([I+]c2ccc(OC)c(OC)c2CCN2C(=O)c3ccccc3C2=O)cc1. The van der Waals surface area contributed by atoms with Gasteiger partial charge in [-0.15, -0.1) is 0 Å². The third-order valence-electron chi connectivity index (χ3n) is 5.32. The van der Waals surface area contributed by atoms with Gasteiger partial charge in [0.15, 0.2) is 15.1 Å². The van der Waals surface area contributed by atoms with Crippen LogP contribution in [0, 0.1) is 7.14 Å². The van der Waals surface area contributed by atoms with E-state index in [4.69, 9.17) is 14.2 Å². The van der Waals surface area contributed by atoms with E-state index < -0.39 is 21.2 Å². The zero-order chi connectivity index (χ0) is 22.7. The number of ether oxygens (including phenoxy) is 3. The Balaban J connectivity index is 1.63. The first-order valence-corrected chi connectivity index (χ1v) is 12.2. The molecule has 6 nitrogen and oxygen atoms in total. The molecule has 7 heteroatoms. The van der Waals surface area contributed by atoms with Crippen LogP contribution in [0.3, 0.4) is 0 Å². The molecule has 0 aliphatic carbocycles. The number of carbonyl (C=O) groups excluding carboxylic acids is 2. The maximum Gasteiger partial charge on any atom is 0.358 e. The number of fused-ring (bicyclic) bond motifs is 1. The molecule has 3 aromatic carbocycles. The highest BCUT2D eigenvalue weighted by molar-refractivity contribution is 6.21. The fraction of sp³-hybridized carbons (Fsp3) is 0.200. The smallest absolute Gasteiger partial charge is 0.358 e. The lowest BCUT2D eigenvalue weighted by molar-refractivity contribution is -0.598. The molecule has 2 amide bonds. The molecule has 0 bridgehead atoms. The van der Waals surface area contributed by atoms with Gasteiger partial charge in [-0.1, -0.05) is 12.1 Å². The first-order chi connectivity index (χ1) is 15.6. The molecule has 0 unspecified atom stereocenters. The number of hydrogen-bond acceptors (Lipinski definition) is 5. The summed E-state index contributed by atoms with van der Waals surface area (Å²) in [7, 11) is 4.86. The van der Waals surface area contributed by atoms with Crippen LogP contribution in [-0.4, -0.2) is 44.6 Å². The average Bonchev–Trinajstić information content (AvgIpc) is 3.08. The summed E-state index contributed by atoms with van der Waals surface area (Å²) in [4.78, 5) is 26.9. The number of hydrogen-bond donors (Lipinski definition) is 0. The van der Waals surface area contributed by atoms with Crippen molar-refractivity contribution >= 4 is 11.8 Å². The predicted octanol–water partition coefficient (Wildman–Crippen LogP) is 0.680. The van der Waals surface area contributed by atoms with Gasteiger partial charge in [0.1, 0.15) is 5.75 Å². The number of methoxy groups -OCH3 is 3. The largest absolute Gasteiger partial charge is 0.497 e. The number of amides is 2. The second kappa shape index (κ2) is 9.60. The van der Waals surface area contributed by atoms with Crippen molar-refractivity contribution in [2.24, 2.45) is 0 Å². The lowest BCUT2D eigenvalue weighted by Gasteiger charge is -2.16. The number of rotatable bonds is 8. The predicted molar refractivity (Wildman–Crippen MR) is 115 cm³/mol. The molecule has 0 saturated heterocycles. The molecular formula is C25H23INO5+. The summed E-state index contributed by atoms with van der Waals surface area (Å²) in [6.07, 6.45) is 0.483. The van der Waals surface area contributed by atoms with E-state index in [1.807, 2.05) is 18.2 Å². The van der Waals surface area contributed by atoms with Crippen molar-refractivity contribution in [2.75, 3.05) is 27.9 Å². The first kappa shape index (κ1) is 22.1. The summed E-state index contributed by atoms with van der Waals surface area (Å²) in [6, 6.07) is 18.9. The van der Waals surface area contributed by atoms with E-state index in [1.54, 1.807) is 45.6 Å². The molecule has 1 aliphatic heterocycles. The molecule has 0 radical (unpaired) electrons. The number of carbonyl (C=O) groups is 2. The maximum absolute atomic E-state index is 12.8. The maximum atomic E-state index is 12.8. The average molecular weight is 544 g/mol. The summed E-state index contributed by atoms with van der Waals surface area (Å²) in [5.74, 6) is 1.59. The summed E-state index contributed by atoms with van der Waals surface area (Å²) >= 11 is -0.527. The molecule has 0 spiro atoms. The highest BCUT2D eigenvalue weighted by atomic mass is 127. The Kier molecular flexibility index (Phi) is 6.64. The number of benzene rings is 3. The third kappa shape index (κ3) is 4.17. The van der Waals surface area contributed by atoms with Crippen molar-refractivity contribution < 1.29 is 45.0 Å². The van der Waals surface area contributed by atoms with Crippen LogP contribution in [0.5, 0.6) is 17.2 Å². The van der Waals surface area contributed by atoms with Gasteiger partial charge in [-0.25, -0.2) is 0 Å². The van der Waals surface area contributed by atoms with E-state index in [-0.39, 0.29) is 18.4 Å². The van der Waals surface area contributed by atoms with Crippen LogP contribution in [0.2, 0.25) is 0 Å². The highest BCUT2D eigenvalue weighted by Crippen LogP contribution is 2.32. The lowest BCUT2D eigenvalue weighted by Crippen LogP contribution is -3.61. The normalized spacial score (nSPS) is 12.7. The van der Waals surface area contributed by atoms with Crippen molar-refractivity contribution in [1.82, 2.24) is 4.90 Å². The van der Waals surface area contributed by atoms with Crippen LogP contribution in [-0.2, 0) is 6.42 Å². The van der Waals surface area contributed by atoms with Crippen molar-refractivity contribution in [3.05, 3.63) is 84.5 Å². The van der Waals surface area contributed by atoms with E-state index in [0.717, 1.165) is 14.9 Å². The Labute approximate surface area is 197 Å². The van der Waals surface area contributed by atoms with Gasteiger partial charge in [-0.05, 0) is 55.0 Å². The molecule has 164 valence electrons. The van der Waals surface area contributed by atoms with Crippen LogP contribution in [0.15, 0.2) is 60.7 Å². The summed E-state index contributed by atoms with van der Waals surface area (Å²) in [5.41, 5.74) is 1.88. The van der Waals surface area contributed by atoms with E-state index in [2.05, 4.69) is 18.2 Å². The Morgan fingerprint density at radius 3 is 2.00 bits per heavy atom. The fourth-order valence-corrected chi connectivity index (χ4v) is 6.30. The first-order valence-electron chi connectivity index (χ1n) is 10.0. The Bertz CT molecular complexity index is 1120. The minimum Gasteiger partial charge on any atom is -0.497 e.